The standard InChI is InChI=1S/C17H19NO5/c1-11-14(17(20)21)9-13(23-11)10-18(2)16(19)15(22-3)12-7-5-4-6-8-12/h4-9,15H,10H2,1-3H3,(H,20,21). The fourth-order valence-corrected chi connectivity index (χ4v) is 2.35. The predicted octanol–water partition coefficient (Wildman–Crippen LogP) is 2.63. The lowest BCUT2D eigenvalue weighted by atomic mass is 10.1. The fraction of sp³-hybridized carbons (Fsp3) is 0.294. The smallest absolute Gasteiger partial charge is 0.339 e. The lowest BCUT2D eigenvalue weighted by Crippen LogP contribution is -2.32. The van der Waals surface area contributed by atoms with Crippen LogP contribution in [0.2, 0.25) is 0 Å². The minimum absolute atomic E-state index is 0.104. The number of carboxylic acid groups (broad SMARTS) is 1. The fourth-order valence-electron chi connectivity index (χ4n) is 2.35. The third kappa shape index (κ3) is 3.78. The highest BCUT2D eigenvalue weighted by atomic mass is 16.5. The maximum atomic E-state index is 12.5. The second-order valence-corrected chi connectivity index (χ2v) is 5.21. The number of carbonyl (C=O) groups is 2. The molecule has 1 aromatic heterocycles. The maximum absolute atomic E-state index is 12.5. The van der Waals surface area contributed by atoms with Gasteiger partial charge in [0.2, 0.25) is 0 Å². The number of benzene rings is 1. The van der Waals surface area contributed by atoms with Crippen LogP contribution in [0.25, 0.3) is 0 Å². The van der Waals surface area contributed by atoms with Gasteiger partial charge in [-0.05, 0) is 18.6 Å². The topological polar surface area (TPSA) is 80.0 Å². The molecule has 1 atom stereocenters. The minimum atomic E-state index is -1.05. The van der Waals surface area contributed by atoms with Crippen molar-refractivity contribution in [2.75, 3.05) is 14.2 Å². The molecule has 2 aromatic rings. The van der Waals surface area contributed by atoms with Crippen LogP contribution in [0.1, 0.15) is 33.5 Å². The molecule has 0 aliphatic heterocycles. The van der Waals surface area contributed by atoms with Crippen LogP contribution >= 0.6 is 0 Å². The molecule has 1 N–H and O–H groups in total. The average Bonchev–Trinajstić information content (AvgIpc) is 2.89. The molecule has 122 valence electrons. The molecule has 1 heterocycles. The van der Waals surface area contributed by atoms with Crippen molar-refractivity contribution in [1.82, 2.24) is 4.90 Å². The van der Waals surface area contributed by atoms with Crippen LogP contribution in [-0.2, 0) is 16.1 Å². The van der Waals surface area contributed by atoms with E-state index in [-0.39, 0.29) is 18.0 Å². The van der Waals surface area contributed by atoms with Gasteiger partial charge < -0.3 is 19.2 Å². The van der Waals surface area contributed by atoms with Gasteiger partial charge in [0.25, 0.3) is 5.91 Å². The molecular formula is C17H19NO5. The number of ether oxygens (including phenoxy) is 1. The molecule has 0 saturated carbocycles. The molecule has 0 fully saturated rings. The number of furan rings is 1. The molecule has 1 aromatic carbocycles. The molecule has 0 spiro atoms. The van der Waals surface area contributed by atoms with Gasteiger partial charge in [-0.3, -0.25) is 4.79 Å². The Labute approximate surface area is 134 Å². The molecule has 0 saturated heterocycles. The predicted molar refractivity (Wildman–Crippen MR) is 83.1 cm³/mol. The van der Waals surface area contributed by atoms with Gasteiger partial charge in [0.15, 0.2) is 6.10 Å². The summed E-state index contributed by atoms with van der Waals surface area (Å²) in [5.41, 5.74) is 0.862. The number of aromatic carboxylic acids is 1. The Bertz CT molecular complexity index is 692. The number of amides is 1. The van der Waals surface area contributed by atoms with E-state index >= 15 is 0 Å². The molecule has 6 nitrogen and oxygen atoms in total. The molecule has 6 heteroatoms. The number of hydrogen-bond acceptors (Lipinski definition) is 4. The van der Waals surface area contributed by atoms with Crippen molar-refractivity contribution in [3.63, 3.8) is 0 Å². The highest BCUT2D eigenvalue weighted by Crippen LogP contribution is 2.21. The lowest BCUT2D eigenvalue weighted by molar-refractivity contribution is -0.141. The van der Waals surface area contributed by atoms with Crippen molar-refractivity contribution in [3.8, 4) is 0 Å². The summed E-state index contributed by atoms with van der Waals surface area (Å²) in [5, 5.41) is 9.04. The third-order valence-electron chi connectivity index (χ3n) is 3.53. The van der Waals surface area contributed by atoms with Crippen LogP contribution in [0.5, 0.6) is 0 Å². The number of hydrogen-bond donors (Lipinski definition) is 1. The Morgan fingerprint density at radius 1 is 1.30 bits per heavy atom. The molecule has 0 aliphatic rings. The monoisotopic (exact) mass is 317 g/mol. The van der Waals surface area contributed by atoms with Crippen molar-refractivity contribution in [3.05, 3.63) is 59.0 Å². The Morgan fingerprint density at radius 2 is 1.96 bits per heavy atom. The van der Waals surface area contributed by atoms with Crippen molar-refractivity contribution in [1.29, 1.82) is 0 Å². The molecule has 0 aliphatic carbocycles. The third-order valence-corrected chi connectivity index (χ3v) is 3.53. The zero-order valence-electron chi connectivity index (χ0n) is 13.3. The highest BCUT2D eigenvalue weighted by Gasteiger charge is 2.25. The minimum Gasteiger partial charge on any atom is -0.478 e. The molecule has 1 amide bonds. The summed E-state index contributed by atoms with van der Waals surface area (Å²) in [6, 6.07) is 10.6. The van der Waals surface area contributed by atoms with E-state index in [2.05, 4.69) is 0 Å². The molecule has 1 unspecified atom stereocenters. The first kappa shape index (κ1) is 16.8. The number of likely N-dealkylation sites (N-methyl/N-ethyl adjacent to an activating group) is 1. The van der Waals surface area contributed by atoms with Gasteiger partial charge in [-0.25, -0.2) is 4.79 Å². The zero-order valence-corrected chi connectivity index (χ0v) is 13.3. The lowest BCUT2D eigenvalue weighted by Gasteiger charge is -2.22. The van der Waals surface area contributed by atoms with E-state index in [0.29, 0.717) is 11.5 Å². The Morgan fingerprint density at radius 3 is 2.48 bits per heavy atom. The maximum Gasteiger partial charge on any atom is 0.339 e. The second kappa shape index (κ2) is 7.11. The first-order valence-electron chi connectivity index (χ1n) is 7.09. The van der Waals surface area contributed by atoms with Gasteiger partial charge in [0.1, 0.15) is 17.1 Å². The van der Waals surface area contributed by atoms with Crippen LogP contribution in [0.3, 0.4) is 0 Å². The quantitative estimate of drug-likeness (QED) is 0.886. The molecule has 2 rings (SSSR count). The zero-order chi connectivity index (χ0) is 17.0. The first-order chi connectivity index (χ1) is 10.9. The number of methoxy groups -OCH3 is 1. The second-order valence-electron chi connectivity index (χ2n) is 5.21. The summed E-state index contributed by atoms with van der Waals surface area (Å²) in [5.74, 6) is -0.548. The van der Waals surface area contributed by atoms with E-state index in [1.54, 1.807) is 14.0 Å². The Hall–Kier alpha value is -2.60. The number of carboxylic acids is 1. The molecule has 23 heavy (non-hydrogen) atoms. The Balaban J connectivity index is 2.13. The van der Waals surface area contributed by atoms with Crippen LogP contribution in [-0.4, -0.2) is 36.0 Å². The van der Waals surface area contributed by atoms with Crippen LogP contribution in [0.15, 0.2) is 40.8 Å². The van der Waals surface area contributed by atoms with Crippen LogP contribution < -0.4 is 0 Å². The number of carbonyl (C=O) groups excluding carboxylic acids is 1. The average molecular weight is 317 g/mol. The highest BCUT2D eigenvalue weighted by molar-refractivity contribution is 5.88. The summed E-state index contributed by atoms with van der Waals surface area (Å²) in [4.78, 5) is 25.0. The number of nitrogens with zero attached hydrogens (tertiary/aromatic N) is 1. The van der Waals surface area contributed by atoms with Gasteiger partial charge in [-0.1, -0.05) is 30.3 Å². The SMILES string of the molecule is COC(C(=O)N(C)Cc1cc(C(=O)O)c(C)o1)c1ccccc1. The van der Waals surface area contributed by atoms with Crippen molar-refractivity contribution in [2.24, 2.45) is 0 Å². The van der Waals surface area contributed by atoms with Crippen molar-refractivity contribution < 1.29 is 23.8 Å². The van der Waals surface area contributed by atoms with Gasteiger partial charge >= 0.3 is 5.97 Å². The summed E-state index contributed by atoms with van der Waals surface area (Å²) < 4.78 is 10.7. The summed E-state index contributed by atoms with van der Waals surface area (Å²) in [6.07, 6.45) is -0.712. The van der Waals surface area contributed by atoms with Crippen LogP contribution in [0, 0.1) is 6.92 Å². The van der Waals surface area contributed by atoms with Gasteiger partial charge in [-0.2, -0.15) is 0 Å². The molecular weight excluding hydrogens is 298 g/mol. The van der Waals surface area contributed by atoms with Gasteiger partial charge in [0, 0.05) is 14.2 Å². The Kier molecular flexibility index (Phi) is 5.18. The van der Waals surface area contributed by atoms with Crippen molar-refractivity contribution in [2.45, 2.75) is 19.6 Å². The first-order valence-corrected chi connectivity index (χ1v) is 7.09. The summed E-state index contributed by atoms with van der Waals surface area (Å²) in [7, 11) is 3.10. The van der Waals surface area contributed by atoms with E-state index in [1.807, 2.05) is 30.3 Å². The summed E-state index contributed by atoms with van der Waals surface area (Å²) in [6.45, 7) is 1.75. The van der Waals surface area contributed by atoms with E-state index in [1.165, 1.54) is 18.1 Å². The van der Waals surface area contributed by atoms with Gasteiger partial charge in [-0.15, -0.1) is 0 Å². The molecule has 0 radical (unpaired) electrons. The molecule has 0 bridgehead atoms. The van der Waals surface area contributed by atoms with Crippen LogP contribution in [0.4, 0.5) is 0 Å². The summed E-state index contributed by atoms with van der Waals surface area (Å²) >= 11 is 0. The van der Waals surface area contributed by atoms with E-state index in [4.69, 9.17) is 14.3 Å². The van der Waals surface area contributed by atoms with Gasteiger partial charge in [0.05, 0.1) is 6.54 Å². The number of rotatable bonds is 6. The van der Waals surface area contributed by atoms with E-state index in [9.17, 15) is 9.59 Å². The van der Waals surface area contributed by atoms with E-state index < -0.39 is 12.1 Å². The largest absolute Gasteiger partial charge is 0.478 e. The van der Waals surface area contributed by atoms with E-state index in [0.717, 1.165) is 5.56 Å². The van der Waals surface area contributed by atoms with Crippen molar-refractivity contribution >= 4 is 11.9 Å². The normalized spacial score (nSPS) is 12.0. The number of aryl methyl sites for hydroxylation is 1.